The molecule has 1 aromatic rings. The van der Waals surface area contributed by atoms with Gasteiger partial charge in [0.1, 0.15) is 11.6 Å². The lowest BCUT2D eigenvalue weighted by molar-refractivity contribution is -0.119. The summed E-state index contributed by atoms with van der Waals surface area (Å²) in [6.07, 6.45) is -0.882. The monoisotopic (exact) mass is 202 g/mol. The molecule has 2 atom stereocenters. The number of carbonyl (C=O) groups excluding carboxylic acids is 1. The third-order valence-corrected chi connectivity index (χ3v) is 2.02. The van der Waals surface area contributed by atoms with Crippen LogP contribution in [0, 0.1) is 0 Å². The largest absolute Gasteiger partial charge is 0.391 e. The van der Waals surface area contributed by atoms with Crippen LogP contribution >= 0.6 is 11.3 Å². The normalized spacial score (nSPS) is 15.0. The molecule has 0 fully saturated rings. The van der Waals surface area contributed by atoms with Crippen molar-refractivity contribution in [3.05, 3.63) is 5.51 Å². The summed E-state index contributed by atoms with van der Waals surface area (Å²) in [6, 6.07) is -0.941. The highest BCUT2D eigenvalue weighted by Crippen LogP contribution is 2.08. The molecule has 1 aromatic heterocycles. The van der Waals surface area contributed by atoms with E-state index in [1.54, 1.807) is 0 Å². The first-order valence-electron chi connectivity index (χ1n) is 3.62. The van der Waals surface area contributed by atoms with Gasteiger partial charge in [-0.3, -0.25) is 10.1 Å². The highest BCUT2D eigenvalue weighted by molar-refractivity contribution is 7.13. The van der Waals surface area contributed by atoms with E-state index in [-0.39, 0.29) is 0 Å². The second-order valence-corrected chi connectivity index (χ2v) is 3.33. The minimum absolute atomic E-state index is 0.376. The molecule has 6 nitrogen and oxygen atoms in total. The zero-order chi connectivity index (χ0) is 9.84. The van der Waals surface area contributed by atoms with Crippen molar-refractivity contribution in [3.8, 4) is 0 Å². The number of amides is 1. The Morgan fingerprint density at radius 3 is 3.00 bits per heavy atom. The standard InChI is InChI=1S/C6H10N4O2S/c1-3(11)4(7)5(12)9-6-10-8-2-13-6/h2-4,11H,7H2,1H3,(H,9,10,12)/t3-,4+/m1/s1. The first kappa shape index (κ1) is 10.0. The SMILES string of the molecule is C[C@@H](O)[C@H](N)C(=O)Nc1nncs1. The van der Waals surface area contributed by atoms with E-state index in [1.165, 1.54) is 23.8 Å². The molecular formula is C6H10N4O2S. The number of hydrogen-bond acceptors (Lipinski definition) is 6. The maximum atomic E-state index is 11.2. The number of aliphatic hydroxyl groups is 1. The third-order valence-electron chi connectivity index (χ3n) is 1.41. The molecule has 0 saturated heterocycles. The van der Waals surface area contributed by atoms with Crippen LogP contribution in [-0.2, 0) is 4.79 Å². The van der Waals surface area contributed by atoms with E-state index in [2.05, 4.69) is 15.5 Å². The Balaban J connectivity index is 2.51. The summed E-state index contributed by atoms with van der Waals surface area (Å²) in [5, 5.41) is 18.9. The van der Waals surface area contributed by atoms with Crippen molar-refractivity contribution < 1.29 is 9.90 Å². The lowest BCUT2D eigenvalue weighted by Crippen LogP contribution is -2.43. The van der Waals surface area contributed by atoms with E-state index in [0.717, 1.165) is 0 Å². The lowest BCUT2D eigenvalue weighted by atomic mass is 10.2. The highest BCUT2D eigenvalue weighted by Gasteiger charge is 2.19. The smallest absolute Gasteiger partial charge is 0.245 e. The Kier molecular flexibility index (Phi) is 3.29. The first-order valence-corrected chi connectivity index (χ1v) is 4.50. The number of rotatable bonds is 3. The van der Waals surface area contributed by atoms with Gasteiger partial charge >= 0.3 is 0 Å². The molecule has 7 heteroatoms. The number of anilines is 1. The fraction of sp³-hybridized carbons (Fsp3) is 0.500. The van der Waals surface area contributed by atoms with Gasteiger partial charge in [-0.2, -0.15) is 0 Å². The third kappa shape index (κ3) is 2.72. The van der Waals surface area contributed by atoms with E-state index in [0.29, 0.717) is 5.13 Å². The van der Waals surface area contributed by atoms with E-state index < -0.39 is 18.1 Å². The molecule has 0 saturated carbocycles. The van der Waals surface area contributed by atoms with Crippen LogP contribution in [0.4, 0.5) is 5.13 Å². The maximum Gasteiger partial charge on any atom is 0.245 e. The Hall–Kier alpha value is -1.05. The van der Waals surface area contributed by atoms with Crippen molar-refractivity contribution in [2.75, 3.05) is 5.32 Å². The van der Waals surface area contributed by atoms with Crippen LogP contribution in [-0.4, -0.2) is 33.4 Å². The van der Waals surface area contributed by atoms with Crippen LogP contribution in [0.25, 0.3) is 0 Å². The summed E-state index contributed by atoms with van der Waals surface area (Å²) >= 11 is 1.19. The van der Waals surface area contributed by atoms with Crippen molar-refractivity contribution >= 4 is 22.4 Å². The number of nitrogens with zero attached hydrogens (tertiary/aromatic N) is 2. The molecular weight excluding hydrogens is 192 g/mol. The van der Waals surface area contributed by atoms with Gasteiger partial charge in [0, 0.05) is 0 Å². The molecule has 0 aliphatic heterocycles. The maximum absolute atomic E-state index is 11.2. The molecule has 0 bridgehead atoms. The molecule has 13 heavy (non-hydrogen) atoms. The van der Waals surface area contributed by atoms with E-state index in [1.807, 2.05) is 0 Å². The van der Waals surface area contributed by atoms with Crippen LogP contribution in [0.1, 0.15) is 6.92 Å². The van der Waals surface area contributed by atoms with E-state index in [4.69, 9.17) is 10.8 Å². The molecule has 0 radical (unpaired) electrons. The van der Waals surface area contributed by atoms with Gasteiger partial charge in [-0.25, -0.2) is 0 Å². The molecule has 0 unspecified atom stereocenters. The van der Waals surface area contributed by atoms with Gasteiger partial charge < -0.3 is 10.8 Å². The Labute approximate surface area is 78.8 Å². The van der Waals surface area contributed by atoms with Crippen LogP contribution in [0.15, 0.2) is 5.51 Å². The molecule has 72 valence electrons. The van der Waals surface area contributed by atoms with Crippen molar-refractivity contribution in [1.82, 2.24) is 10.2 Å². The first-order chi connectivity index (χ1) is 6.11. The fourth-order valence-electron chi connectivity index (χ4n) is 0.635. The van der Waals surface area contributed by atoms with Gasteiger partial charge in [-0.05, 0) is 6.92 Å². The van der Waals surface area contributed by atoms with Crippen LogP contribution in [0.3, 0.4) is 0 Å². The highest BCUT2D eigenvalue weighted by atomic mass is 32.1. The average molecular weight is 202 g/mol. The Morgan fingerprint density at radius 1 is 1.85 bits per heavy atom. The summed E-state index contributed by atoms with van der Waals surface area (Å²) in [5.41, 5.74) is 6.86. The van der Waals surface area contributed by atoms with Gasteiger partial charge in [0.2, 0.25) is 11.0 Å². The van der Waals surface area contributed by atoms with E-state index in [9.17, 15) is 4.79 Å². The van der Waals surface area contributed by atoms with Crippen molar-refractivity contribution in [2.24, 2.45) is 5.73 Å². The molecule has 0 aromatic carbocycles. The molecule has 0 aliphatic rings. The topological polar surface area (TPSA) is 101 Å². The van der Waals surface area contributed by atoms with Crippen molar-refractivity contribution in [3.63, 3.8) is 0 Å². The second-order valence-electron chi connectivity index (χ2n) is 2.50. The van der Waals surface area contributed by atoms with Gasteiger partial charge in [0.25, 0.3) is 0 Å². The van der Waals surface area contributed by atoms with Gasteiger partial charge in [0.15, 0.2) is 0 Å². The number of aromatic nitrogens is 2. The predicted octanol–water partition coefficient (Wildman–Crippen LogP) is -0.815. The van der Waals surface area contributed by atoms with Crippen LogP contribution in [0.5, 0.6) is 0 Å². The van der Waals surface area contributed by atoms with Crippen LogP contribution in [0.2, 0.25) is 0 Å². The minimum atomic E-state index is -0.941. The number of nitrogens with one attached hydrogen (secondary N) is 1. The molecule has 0 spiro atoms. The number of carbonyl (C=O) groups is 1. The fourth-order valence-corrected chi connectivity index (χ4v) is 1.08. The summed E-state index contributed by atoms with van der Waals surface area (Å²) in [5.74, 6) is -0.466. The average Bonchev–Trinajstić information content (AvgIpc) is 2.55. The predicted molar refractivity (Wildman–Crippen MR) is 48.2 cm³/mol. The lowest BCUT2D eigenvalue weighted by Gasteiger charge is -2.12. The Morgan fingerprint density at radius 2 is 2.54 bits per heavy atom. The number of hydrogen-bond donors (Lipinski definition) is 3. The zero-order valence-corrected chi connectivity index (χ0v) is 7.78. The van der Waals surface area contributed by atoms with Gasteiger partial charge in [-0.1, -0.05) is 11.3 Å². The van der Waals surface area contributed by atoms with E-state index >= 15 is 0 Å². The second kappa shape index (κ2) is 4.26. The quantitative estimate of drug-likeness (QED) is 0.594. The van der Waals surface area contributed by atoms with Gasteiger partial charge in [-0.15, -0.1) is 10.2 Å². The zero-order valence-electron chi connectivity index (χ0n) is 6.97. The number of aliphatic hydroxyl groups excluding tert-OH is 1. The molecule has 0 aliphatic carbocycles. The minimum Gasteiger partial charge on any atom is -0.391 e. The Bertz CT molecular complexity index is 274. The van der Waals surface area contributed by atoms with Crippen molar-refractivity contribution in [2.45, 2.75) is 19.1 Å². The molecule has 1 rings (SSSR count). The summed E-state index contributed by atoms with van der Waals surface area (Å²) in [7, 11) is 0. The molecule has 4 N–H and O–H groups in total. The molecule has 1 heterocycles. The van der Waals surface area contributed by atoms with Crippen molar-refractivity contribution in [1.29, 1.82) is 0 Å². The molecule has 1 amide bonds. The summed E-state index contributed by atoms with van der Waals surface area (Å²) in [4.78, 5) is 11.2. The van der Waals surface area contributed by atoms with Crippen LogP contribution < -0.4 is 11.1 Å². The van der Waals surface area contributed by atoms with Gasteiger partial charge in [0.05, 0.1) is 6.10 Å². The summed E-state index contributed by atoms with van der Waals surface area (Å²) < 4.78 is 0. The number of nitrogens with two attached hydrogens (primary N) is 1. The summed E-state index contributed by atoms with van der Waals surface area (Å²) in [6.45, 7) is 1.45.